The minimum Gasteiger partial charge on any atom is -0.383 e. The highest BCUT2D eigenvalue weighted by molar-refractivity contribution is 9.11. The summed E-state index contributed by atoms with van der Waals surface area (Å²) in [5.41, 5.74) is 7.87. The van der Waals surface area contributed by atoms with Crippen LogP contribution in [0.15, 0.2) is 27.1 Å². The van der Waals surface area contributed by atoms with Crippen LogP contribution in [-0.2, 0) is 6.54 Å². The number of hydrogen-bond acceptors (Lipinski definition) is 2. The summed E-state index contributed by atoms with van der Waals surface area (Å²) in [6.45, 7) is 2.51. The summed E-state index contributed by atoms with van der Waals surface area (Å²) in [7, 11) is 0. The molecule has 0 saturated carbocycles. The first-order valence-electron chi connectivity index (χ1n) is 4.91. The molecule has 0 unspecified atom stereocenters. The summed E-state index contributed by atoms with van der Waals surface area (Å²) in [5.74, 6) is 0.626. The van der Waals surface area contributed by atoms with E-state index in [-0.39, 0.29) is 0 Å². The van der Waals surface area contributed by atoms with Crippen LogP contribution < -0.4 is 5.73 Å². The molecule has 0 aliphatic heterocycles. The Labute approximate surface area is 121 Å². The monoisotopic (exact) mass is 377 g/mol. The van der Waals surface area contributed by atoms with Crippen molar-refractivity contribution < 1.29 is 0 Å². The van der Waals surface area contributed by atoms with Crippen molar-refractivity contribution in [1.82, 2.24) is 9.78 Å². The number of nitrogen functional groups attached to an aromatic ring is 1. The van der Waals surface area contributed by atoms with Crippen LogP contribution in [0.1, 0.15) is 11.3 Å². The van der Waals surface area contributed by atoms with Crippen molar-refractivity contribution in [2.24, 2.45) is 0 Å². The number of benzene rings is 1. The van der Waals surface area contributed by atoms with E-state index in [9.17, 15) is 0 Å². The molecule has 3 nitrogen and oxygen atoms in total. The fourth-order valence-electron chi connectivity index (χ4n) is 1.51. The maximum Gasteiger partial charge on any atom is 0.136 e. The van der Waals surface area contributed by atoms with E-state index in [2.05, 4.69) is 37.0 Å². The van der Waals surface area contributed by atoms with Gasteiger partial charge in [0.2, 0.25) is 0 Å². The van der Waals surface area contributed by atoms with E-state index in [1.54, 1.807) is 4.68 Å². The molecule has 0 aliphatic carbocycles. The predicted octanol–water partition coefficient (Wildman–Crippen LogP) is 4.00. The third kappa shape index (κ3) is 2.67. The van der Waals surface area contributed by atoms with Crippen LogP contribution in [0.2, 0.25) is 5.02 Å². The smallest absolute Gasteiger partial charge is 0.136 e. The average Bonchev–Trinajstić information content (AvgIpc) is 2.52. The zero-order valence-corrected chi connectivity index (χ0v) is 13.0. The van der Waals surface area contributed by atoms with Crippen LogP contribution in [0, 0.1) is 6.92 Å². The van der Waals surface area contributed by atoms with Crippen molar-refractivity contribution >= 4 is 49.3 Å². The summed E-state index contributed by atoms with van der Waals surface area (Å²) in [4.78, 5) is 0. The molecule has 0 atom stereocenters. The summed E-state index contributed by atoms with van der Waals surface area (Å²) >= 11 is 12.8. The number of halogens is 3. The van der Waals surface area contributed by atoms with Gasteiger partial charge in [-0.05, 0) is 56.5 Å². The number of nitrogens with zero attached hydrogens (tertiary/aromatic N) is 2. The van der Waals surface area contributed by atoms with Gasteiger partial charge in [0.05, 0.1) is 21.7 Å². The Kier molecular flexibility index (Phi) is 3.80. The molecule has 0 spiro atoms. The number of aryl methyl sites for hydroxylation is 1. The first-order chi connectivity index (χ1) is 7.99. The van der Waals surface area contributed by atoms with Crippen LogP contribution in [0.3, 0.4) is 0 Å². The van der Waals surface area contributed by atoms with Gasteiger partial charge in [0, 0.05) is 4.47 Å². The second-order valence-electron chi connectivity index (χ2n) is 3.69. The topological polar surface area (TPSA) is 43.8 Å². The molecule has 1 aromatic carbocycles. The number of nitrogens with two attached hydrogens (primary N) is 1. The molecule has 0 saturated heterocycles. The molecule has 1 heterocycles. The normalized spacial score (nSPS) is 10.8. The van der Waals surface area contributed by atoms with Crippen molar-refractivity contribution in [3.8, 4) is 0 Å². The third-order valence-electron chi connectivity index (χ3n) is 2.41. The van der Waals surface area contributed by atoms with Crippen LogP contribution in [0.25, 0.3) is 0 Å². The van der Waals surface area contributed by atoms with Crippen LogP contribution in [0.5, 0.6) is 0 Å². The molecule has 1 aromatic heterocycles. The molecule has 2 N–H and O–H groups in total. The Balaban J connectivity index is 2.31. The van der Waals surface area contributed by atoms with E-state index in [0.29, 0.717) is 17.4 Å². The Morgan fingerprint density at radius 2 is 2.12 bits per heavy atom. The molecular weight excluding hydrogens is 369 g/mol. The molecule has 0 aliphatic rings. The highest BCUT2D eigenvalue weighted by Gasteiger charge is 2.10. The fourth-order valence-corrected chi connectivity index (χ4v) is 2.24. The molecular formula is C11H10Br2ClN3. The SMILES string of the molecule is Cc1nn(Cc2ccc(Br)c(Cl)c2)c(N)c1Br. The lowest BCUT2D eigenvalue weighted by molar-refractivity contribution is 0.689. The lowest BCUT2D eigenvalue weighted by Crippen LogP contribution is -2.06. The minimum absolute atomic E-state index is 0.602. The fraction of sp³-hybridized carbons (Fsp3) is 0.182. The van der Waals surface area contributed by atoms with Crippen molar-refractivity contribution in [3.63, 3.8) is 0 Å². The zero-order valence-electron chi connectivity index (χ0n) is 9.04. The van der Waals surface area contributed by atoms with Crippen molar-refractivity contribution in [2.75, 3.05) is 5.73 Å². The summed E-state index contributed by atoms with van der Waals surface area (Å²) in [6.07, 6.45) is 0. The summed E-state index contributed by atoms with van der Waals surface area (Å²) in [6, 6.07) is 5.80. The van der Waals surface area contributed by atoms with E-state index in [4.69, 9.17) is 17.3 Å². The van der Waals surface area contributed by atoms with Gasteiger partial charge in [0.25, 0.3) is 0 Å². The van der Waals surface area contributed by atoms with Gasteiger partial charge in [0.1, 0.15) is 5.82 Å². The van der Waals surface area contributed by atoms with E-state index >= 15 is 0 Å². The molecule has 2 rings (SSSR count). The quantitative estimate of drug-likeness (QED) is 0.857. The van der Waals surface area contributed by atoms with E-state index in [1.165, 1.54) is 0 Å². The van der Waals surface area contributed by atoms with Gasteiger partial charge >= 0.3 is 0 Å². The molecule has 2 aromatic rings. The first kappa shape index (κ1) is 12.9. The van der Waals surface area contributed by atoms with Gasteiger partial charge in [-0.1, -0.05) is 17.7 Å². The Bertz CT molecular complexity index is 566. The number of rotatable bonds is 2. The Morgan fingerprint density at radius 1 is 1.41 bits per heavy atom. The number of hydrogen-bond donors (Lipinski definition) is 1. The molecule has 90 valence electrons. The highest BCUT2D eigenvalue weighted by atomic mass is 79.9. The van der Waals surface area contributed by atoms with Crippen LogP contribution >= 0.6 is 43.5 Å². The maximum absolute atomic E-state index is 6.04. The molecule has 17 heavy (non-hydrogen) atoms. The van der Waals surface area contributed by atoms with Gasteiger partial charge in [-0.25, -0.2) is 4.68 Å². The largest absolute Gasteiger partial charge is 0.383 e. The minimum atomic E-state index is 0.602. The van der Waals surface area contributed by atoms with Gasteiger partial charge in [0.15, 0.2) is 0 Å². The van der Waals surface area contributed by atoms with Crippen LogP contribution in [-0.4, -0.2) is 9.78 Å². The maximum atomic E-state index is 6.04. The molecule has 0 radical (unpaired) electrons. The van der Waals surface area contributed by atoms with Gasteiger partial charge < -0.3 is 5.73 Å². The second kappa shape index (κ2) is 5.00. The standard InChI is InChI=1S/C11H10Br2ClN3/c1-6-10(13)11(15)17(16-6)5-7-2-3-8(12)9(14)4-7/h2-4H,5,15H2,1H3. The second-order valence-corrected chi connectivity index (χ2v) is 5.75. The lowest BCUT2D eigenvalue weighted by Gasteiger charge is -2.05. The van der Waals surface area contributed by atoms with Crippen molar-refractivity contribution in [2.45, 2.75) is 13.5 Å². The number of aromatic nitrogens is 2. The molecule has 0 bridgehead atoms. The third-order valence-corrected chi connectivity index (χ3v) is 4.62. The first-order valence-corrected chi connectivity index (χ1v) is 6.87. The molecule has 6 heteroatoms. The summed E-state index contributed by atoms with van der Waals surface area (Å²) in [5, 5.41) is 5.03. The van der Waals surface area contributed by atoms with Gasteiger partial charge in [-0.15, -0.1) is 0 Å². The van der Waals surface area contributed by atoms with Gasteiger partial charge in [-0.2, -0.15) is 5.10 Å². The van der Waals surface area contributed by atoms with Gasteiger partial charge in [-0.3, -0.25) is 0 Å². The predicted molar refractivity (Wildman–Crippen MR) is 77.3 cm³/mol. The highest BCUT2D eigenvalue weighted by Crippen LogP contribution is 2.26. The van der Waals surface area contributed by atoms with E-state index < -0.39 is 0 Å². The van der Waals surface area contributed by atoms with Crippen molar-refractivity contribution in [1.29, 1.82) is 0 Å². The molecule has 0 fully saturated rings. The van der Waals surface area contributed by atoms with E-state index in [1.807, 2.05) is 25.1 Å². The summed E-state index contributed by atoms with van der Waals surface area (Å²) < 4.78 is 3.48. The average molecular weight is 379 g/mol. The number of anilines is 1. The molecule has 0 amide bonds. The Morgan fingerprint density at radius 3 is 2.65 bits per heavy atom. The van der Waals surface area contributed by atoms with Crippen LogP contribution in [0.4, 0.5) is 5.82 Å². The van der Waals surface area contributed by atoms with Crippen molar-refractivity contribution in [3.05, 3.63) is 43.4 Å². The lowest BCUT2D eigenvalue weighted by atomic mass is 10.2. The van der Waals surface area contributed by atoms with E-state index in [0.717, 1.165) is 20.2 Å². The zero-order chi connectivity index (χ0) is 12.6. The Hall–Kier alpha value is -0.520.